The molecule has 1 aromatic carbocycles. The van der Waals surface area contributed by atoms with Crippen LogP contribution >= 0.6 is 0 Å². The Balaban J connectivity index is 2.71. The van der Waals surface area contributed by atoms with Gasteiger partial charge in [0.05, 0.1) is 23.6 Å². The third-order valence-electron chi connectivity index (χ3n) is 3.14. The highest BCUT2D eigenvalue weighted by Gasteiger charge is 2.27. The Morgan fingerprint density at radius 1 is 1.30 bits per heavy atom. The molecule has 0 bridgehead atoms. The quantitative estimate of drug-likeness (QED) is 0.785. The molecule has 0 heterocycles. The average molecular weight is 300 g/mol. The number of hydrogen-bond acceptors (Lipinski definition) is 4. The molecule has 0 radical (unpaired) electrons. The first-order chi connectivity index (χ1) is 9.20. The van der Waals surface area contributed by atoms with Crippen LogP contribution in [0.15, 0.2) is 35.2 Å². The highest BCUT2D eigenvalue weighted by molar-refractivity contribution is 7.89. The predicted octanol–water partition coefficient (Wildman–Crippen LogP) is 0.194. The molecule has 1 rings (SSSR count). The summed E-state index contributed by atoms with van der Waals surface area (Å²) in [6, 6.07) is 7.83. The van der Waals surface area contributed by atoms with E-state index < -0.39 is 21.5 Å². The lowest BCUT2D eigenvalue weighted by molar-refractivity contribution is -0.134. The number of nitrogens with zero attached hydrogens (tertiary/aromatic N) is 1. The van der Waals surface area contributed by atoms with Gasteiger partial charge in [0.15, 0.2) is 0 Å². The van der Waals surface area contributed by atoms with E-state index in [1.807, 2.05) is 0 Å². The van der Waals surface area contributed by atoms with E-state index >= 15 is 0 Å². The molecule has 0 atom stereocenters. The van der Waals surface area contributed by atoms with Crippen molar-refractivity contribution in [2.24, 2.45) is 0 Å². The van der Waals surface area contributed by atoms with Crippen molar-refractivity contribution in [1.29, 1.82) is 0 Å². The fraction of sp³-hybridized carbons (Fsp3) is 0.462. The van der Waals surface area contributed by atoms with Crippen LogP contribution in [-0.4, -0.2) is 50.1 Å². The number of sulfonamides is 1. The molecular weight excluding hydrogens is 280 g/mol. The van der Waals surface area contributed by atoms with Crippen LogP contribution in [0.25, 0.3) is 0 Å². The smallest absolute Gasteiger partial charge is 0.241 e. The maximum absolute atomic E-state index is 11.9. The molecule has 1 aromatic rings. The number of carbonyl (C=O) groups excluding carboxylic acids is 1. The van der Waals surface area contributed by atoms with Crippen LogP contribution < -0.4 is 4.72 Å². The summed E-state index contributed by atoms with van der Waals surface area (Å²) in [4.78, 5) is 13.3. The summed E-state index contributed by atoms with van der Waals surface area (Å²) in [6.07, 6.45) is 0. The molecule has 0 fully saturated rings. The summed E-state index contributed by atoms with van der Waals surface area (Å²) in [5.74, 6) is -0.413. The van der Waals surface area contributed by atoms with E-state index in [-0.39, 0.29) is 18.0 Å². The Morgan fingerprint density at radius 3 is 2.35 bits per heavy atom. The molecule has 0 aliphatic heterocycles. The molecule has 20 heavy (non-hydrogen) atoms. The Hall–Kier alpha value is -1.44. The Bertz CT molecular complexity index is 555. The third-order valence-corrected chi connectivity index (χ3v) is 4.55. The van der Waals surface area contributed by atoms with Gasteiger partial charge in [0.2, 0.25) is 15.9 Å². The van der Waals surface area contributed by atoms with E-state index in [0.717, 1.165) is 0 Å². The SMILES string of the molecule is CN(C(=O)CNS(=O)(=O)c1ccccc1)C(C)(C)CO. The molecule has 7 heteroatoms. The van der Waals surface area contributed by atoms with Gasteiger partial charge in [-0.25, -0.2) is 13.1 Å². The minimum Gasteiger partial charge on any atom is -0.394 e. The van der Waals surface area contributed by atoms with Gasteiger partial charge in [0, 0.05) is 7.05 Å². The number of carbonyl (C=O) groups is 1. The minimum absolute atomic E-state index is 0.108. The molecule has 0 aromatic heterocycles. The Morgan fingerprint density at radius 2 is 1.85 bits per heavy atom. The van der Waals surface area contributed by atoms with Crippen molar-refractivity contribution in [3.63, 3.8) is 0 Å². The van der Waals surface area contributed by atoms with Crippen LogP contribution in [-0.2, 0) is 14.8 Å². The van der Waals surface area contributed by atoms with Crippen molar-refractivity contribution in [3.8, 4) is 0 Å². The van der Waals surface area contributed by atoms with Crippen molar-refractivity contribution in [3.05, 3.63) is 30.3 Å². The first kappa shape index (κ1) is 16.6. The van der Waals surface area contributed by atoms with Gasteiger partial charge in [-0.05, 0) is 26.0 Å². The van der Waals surface area contributed by atoms with E-state index in [2.05, 4.69) is 4.72 Å². The molecule has 1 amide bonds. The van der Waals surface area contributed by atoms with Crippen LogP contribution in [0.2, 0.25) is 0 Å². The number of aliphatic hydroxyl groups is 1. The van der Waals surface area contributed by atoms with Crippen LogP contribution in [0, 0.1) is 0 Å². The number of likely N-dealkylation sites (N-methyl/N-ethyl adjacent to an activating group) is 1. The second-order valence-electron chi connectivity index (χ2n) is 5.06. The van der Waals surface area contributed by atoms with Crippen LogP contribution in [0.3, 0.4) is 0 Å². The van der Waals surface area contributed by atoms with Crippen molar-refractivity contribution in [2.45, 2.75) is 24.3 Å². The largest absolute Gasteiger partial charge is 0.394 e. The molecular formula is C13H20N2O4S. The summed E-state index contributed by atoms with van der Waals surface area (Å²) < 4.78 is 26.1. The molecule has 0 aliphatic carbocycles. The highest BCUT2D eigenvalue weighted by Crippen LogP contribution is 2.11. The van der Waals surface area contributed by atoms with Gasteiger partial charge >= 0.3 is 0 Å². The molecule has 0 saturated heterocycles. The van der Waals surface area contributed by atoms with E-state index in [9.17, 15) is 18.3 Å². The summed E-state index contributed by atoms with van der Waals surface area (Å²) in [5.41, 5.74) is -0.741. The number of amides is 1. The van der Waals surface area contributed by atoms with Crippen molar-refractivity contribution in [2.75, 3.05) is 20.2 Å². The molecule has 0 unspecified atom stereocenters. The average Bonchev–Trinajstić information content (AvgIpc) is 2.45. The lowest BCUT2D eigenvalue weighted by Gasteiger charge is -2.33. The highest BCUT2D eigenvalue weighted by atomic mass is 32.2. The number of nitrogens with one attached hydrogen (secondary N) is 1. The Labute approximate surface area is 119 Å². The van der Waals surface area contributed by atoms with Gasteiger partial charge in [0.1, 0.15) is 0 Å². The molecule has 112 valence electrons. The van der Waals surface area contributed by atoms with Gasteiger partial charge in [-0.2, -0.15) is 0 Å². The predicted molar refractivity (Wildman–Crippen MR) is 75.6 cm³/mol. The molecule has 6 nitrogen and oxygen atoms in total. The summed E-state index contributed by atoms with van der Waals surface area (Å²) in [6.45, 7) is 2.82. The number of aliphatic hydroxyl groups excluding tert-OH is 1. The normalized spacial score (nSPS) is 12.2. The monoisotopic (exact) mass is 300 g/mol. The van der Waals surface area contributed by atoms with Crippen LogP contribution in [0.1, 0.15) is 13.8 Å². The number of benzene rings is 1. The zero-order valence-corrected chi connectivity index (χ0v) is 12.6. The van der Waals surface area contributed by atoms with Crippen molar-refractivity contribution in [1.82, 2.24) is 9.62 Å². The summed E-state index contributed by atoms with van der Waals surface area (Å²) in [5, 5.41) is 9.19. The fourth-order valence-corrected chi connectivity index (χ4v) is 2.40. The molecule has 2 N–H and O–H groups in total. The minimum atomic E-state index is -3.70. The second kappa shape index (κ2) is 6.34. The van der Waals surface area contributed by atoms with Crippen molar-refractivity contribution >= 4 is 15.9 Å². The molecule has 0 saturated carbocycles. The fourth-order valence-electron chi connectivity index (χ4n) is 1.40. The zero-order valence-electron chi connectivity index (χ0n) is 11.8. The van der Waals surface area contributed by atoms with E-state index in [0.29, 0.717) is 0 Å². The maximum Gasteiger partial charge on any atom is 0.241 e. The van der Waals surface area contributed by atoms with Gasteiger partial charge < -0.3 is 10.0 Å². The first-order valence-corrected chi connectivity index (χ1v) is 7.61. The topological polar surface area (TPSA) is 86.7 Å². The zero-order chi connectivity index (χ0) is 15.4. The van der Waals surface area contributed by atoms with E-state index in [1.165, 1.54) is 24.1 Å². The first-order valence-electron chi connectivity index (χ1n) is 6.13. The van der Waals surface area contributed by atoms with Crippen LogP contribution in [0.5, 0.6) is 0 Å². The third kappa shape index (κ3) is 4.03. The number of hydrogen-bond donors (Lipinski definition) is 2. The molecule has 0 aliphatic rings. The van der Waals surface area contributed by atoms with Gasteiger partial charge in [-0.1, -0.05) is 18.2 Å². The second-order valence-corrected chi connectivity index (χ2v) is 6.83. The standard InChI is InChI=1S/C13H20N2O4S/c1-13(2,10-16)15(3)12(17)9-14-20(18,19)11-7-5-4-6-8-11/h4-8,14,16H,9-10H2,1-3H3. The van der Waals surface area contributed by atoms with Gasteiger partial charge in [-0.15, -0.1) is 0 Å². The maximum atomic E-state index is 11.9. The summed E-state index contributed by atoms with van der Waals surface area (Å²) >= 11 is 0. The van der Waals surface area contributed by atoms with E-state index in [1.54, 1.807) is 32.0 Å². The van der Waals surface area contributed by atoms with Crippen LogP contribution in [0.4, 0.5) is 0 Å². The number of rotatable bonds is 6. The lowest BCUT2D eigenvalue weighted by atomic mass is 10.1. The van der Waals surface area contributed by atoms with E-state index in [4.69, 9.17) is 0 Å². The van der Waals surface area contributed by atoms with Crippen molar-refractivity contribution < 1.29 is 18.3 Å². The summed E-state index contributed by atoms with van der Waals surface area (Å²) in [7, 11) is -2.18. The molecule has 0 spiro atoms. The van der Waals surface area contributed by atoms with Gasteiger partial charge in [-0.3, -0.25) is 4.79 Å². The Kier molecular flexibility index (Phi) is 5.27. The van der Waals surface area contributed by atoms with Gasteiger partial charge in [0.25, 0.3) is 0 Å². The lowest BCUT2D eigenvalue weighted by Crippen LogP contribution is -2.50.